The molecule has 2 heterocycles. The maximum atomic E-state index is 12.7. The van der Waals surface area contributed by atoms with Crippen molar-refractivity contribution in [2.75, 3.05) is 33.1 Å². The Kier molecular flexibility index (Phi) is 5.65. The van der Waals surface area contributed by atoms with Crippen LogP contribution in [-0.4, -0.2) is 66.5 Å². The largest absolute Gasteiger partial charge is 0.305 e. The third-order valence-electron chi connectivity index (χ3n) is 3.86. The van der Waals surface area contributed by atoms with E-state index in [1.54, 1.807) is 15.2 Å². The second kappa shape index (κ2) is 7.09. The van der Waals surface area contributed by atoms with E-state index in [0.29, 0.717) is 25.5 Å². The first-order valence-corrected chi connectivity index (χ1v) is 9.17. The van der Waals surface area contributed by atoms with Crippen LogP contribution in [0.5, 0.6) is 0 Å². The molecule has 0 aromatic carbocycles. The normalized spacial score (nSPS) is 21.0. The first kappa shape index (κ1) is 16.7. The highest BCUT2D eigenvalue weighted by Gasteiger charge is 2.31. The minimum Gasteiger partial charge on any atom is -0.305 e. The Balaban J connectivity index is 2.11. The lowest BCUT2D eigenvalue weighted by Crippen LogP contribution is -2.47. The van der Waals surface area contributed by atoms with Gasteiger partial charge in [-0.05, 0) is 33.4 Å². The molecule has 0 N–H and O–H groups in total. The summed E-state index contributed by atoms with van der Waals surface area (Å²) in [6.45, 7) is 1.76. The van der Waals surface area contributed by atoms with Gasteiger partial charge in [0.2, 0.25) is 10.0 Å². The Hall–Kier alpha value is -0.630. The van der Waals surface area contributed by atoms with Gasteiger partial charge in [-0.2, -0.15) is 9.40 Å². The Bertz CT molecular complexity index is 558. The predicted octanol–water partition coefficient (Wildman–Crippen LogP) is 1.23. The smallest absolute Gasteiger partial charge is 0.246 e. The van der Waals surface area contributed by atoms with E-state index in [-0.39, 0.29) is 10.9 Å². The van der Waals surface area contributed by atoms with Crippen molar-refractivity contribution < 1.29 is 8.42 Å². The second-order valence-corrected chi connectivity index (χ2v) is 7.92. The van der Waals surface area contributed by atoms with Crippen molar-refractivity contribution in [1.29, 1.82) is 0 Å². The van der Waals surface area contributed by atoms with Gasteiger partial charge in [0.1, 0.15) is 4.90 Å². The quantitative estimate of drug-likeness (QED) is 0.734. The molecular weight excluding hydrogens is 312 g/mol. The summed E-state index contributed by atoms with van der Waals surface area (Å²) < 4.78 is 28.6. The van der Waals surface area contributed by atoms with E-state index in [1.807, 2.05) is 14.1 Å². The van der Waals surface area contributed by atoms with Crippen molar-refractivity contribution >= 4 is 21.6 Å². The molecule has 1 aliphatic heterocycles. The van der Waals surface area contributed by atoms with Crippen molar-refractivity contribution in [2.45, 2.75) is 36.7 Å². The lowest BCUT2D eigenvalue weighted by Gasteiger charge is -2.35. The Morgan fingerprint density at radius 3 is 2.90 bits per heavy atom. The lowest BCUT2D eigenvalue weighted by atomic mass is 10.1. The third kappa shape index (κ3) is 3.97. The van der Waals surface area contributed by atoms with Gasteiger partial charge in [-0.3, -0.25) is 4.68 Å². The van der Waals surface area contributed by atoms with E-state index in [1.165, 1.54) is 6.20 Å². The molecule has 1 fully saturated rings. The number of sulfonamides is 1. The van der Waals surface area contributed by atoms with Crippen LogP contribution in [0.25, 0.3) is 0 Å². The first-order chi connectivity index (χ1) is 9.95. The Morgan fingerprint density at radius 1 is 1.48 bits per heavy atom. The molecule has 6 nitrogen and oxygen atoms in total. The van der Waals surface area contributed by atoms with Crippen LogP contribution in [0.4, 0.5) is 0 Å². The van der Waals surface area contributed by atoms with Crippen molar-refractivity contribution in [3.05, 3.63) is 12.4 Å². The molecule has 1 aromatic rings. The molecule has 1 atom stereocenters. The van der Waals surface area contributed by atoms with Gasteiger partial charge in [-0.1, -0.05) is 0 Å². The van der Waals surface area contributed by atoms with Crippen LogP contribution >= 0.6 is 11.6 Å². The predicted molar refractivity (Wildman–Crippen MR) is 83.0 cm³/mol. The van der Waals surface area contributed by atoms with Crippen LogP contribution in [0.2, 0.25) is 0 Å². The highest BCUT2D eigenvalue weighted by Crippen LogP contribution is 2.22. The number of aromatic nitrogens is 2. The van der Waals surface area contributed by atoms with E-state index < -0.39 is 10.0 Å². The zero-order valence-electron chi connectivity index (χ0n) is 12.6. The molecule has 0 spiro atoms. The Morgan fingerprint density at radius 2 is 2.24 bits per heavy atom. The highest BCUT2D eigenvalue weighted by atomic mass is 35.5. The number of hydrogen-bond donors (Lipinski definition) is 0. The molecule has 0 aliphatic carbocycles. The summed E-state index contributed by atoms with van der Waals surface area (Å²) in [4.78, 5) is 2.36. The number of nitrogens with zero attached hydrogens (tertiary/aromatic N) is 4. The summed E-state index contributed by atoms with van der Waals surface area (Å²) in [5, 5.41) is 4.11. The molecule has 2 rings (SSSR count). The fourth-order valence-electron chi connectivity index (χ4n) is 2.53. The SMILES string of the molecule is CN(C)C1CCCN(S(=O)(=O)c2cnn(CCCCl)c2)C1. The maximum Gasteiger partial charge on any atom is 0.246 e. The van der Waals surface area contributed by atoms with Crippen LogP contribution in [0.15, 0.2) is 17.3 Å². The monoisotopic (exact) mass is 334 g/mol. The number of rotatable bonds is 6. The zero-order valence-corrected chi connectivity index (χ0v) is 14.1. The summed E-state index contributed by atoms with van der Waals surface area (Å²) in [6.07, 6.45) is 5.73. The summed E-state index contributed by atoms with van der Waals surface area (Å²) in [6, 6.07) is 0.278. The summed E-state index contributed by atoms with van der Waals surface area (Å²) in [7, 11) is 0.540. The van der Waals surface area contributed by atoms with E-state index >= 15 is 0 Å². The van der Waals surface area contributed by atoms with E-state index in [4.69, 9.17) is 11.6 Å². The maximum absolute atomic E-state index is 12.7. The van der Waals surface area contributed by atoms with Crippen LogP contribution < -0.4 is 0 Å². The number of hydrogen-bond acceptors (Lipinski definition) is 4. The topological polar surface area (TPSA) is 58.4 Å². The number of halogens is 1. The number of aryl methyl sites for hydroxylation is 1. The van der Waals surface area contributed by atoms with E-state index in [0.717, 1.165) is 19.3 Å². The van der Waals surface area contributed by atoms with Crippen LogP contribution in [-0.2, 0) is 16.6 Å². The number of alkyl halides is 1. The van der Waals surface area contributed by atoms with Gasteiger partial charge in [0.15, 0.2) is 0 Å². The van der Waals surface area contributed by atoms with Crippen molar-refractivity contribution in [3.63, 3.8) is 0 Å². The minimum atomic E-state index is -3.44. The molecular formula is C13H23ClN4O2S. The number of likely N-dealkylation sites (N-methyl/N-ethyl adjacent to an activating group) is 1. The summed E-state index contributed by atoms with van der Waals surface area (Å²) in [5.74, 6) is 0.540. The van der Waals surface area contributed by atoms with E-state index in [2.05, 4.69) is 10.00 Å². The van der Waals surface area contributed by atoms with Crippen LogP contribution in [0.1, 0.15) is 19.3 Å². The van der Waals surface area contributed by atoms with Gasteiger partial charge in [-0.25, -0.2) is 8.42 Å². The van der Waals surface area contributed by atoms with Gasteiger partial charge in [0.25, 0.3) is 0 Å². The van der Waals surface area contributed by atoms with Gasteiger partial charge >= 0.3 is 0 Å². The summed E-state index contributed by atoms with van der Waals surface area (Å²) >= 11 is 5.64. The standard InChI is InChI=1S/C13H23ClN4O2S/c1-16(2)12-5-3-8-18(10-12)21(19,20)13-9-15-17(11-13)7-4-6-14/h9,11-12H,3-8,10H2,1-2H3. The fourth-order valence-corrected chi connectivity index (χ4v) is 4.12. The lowest BCUT2D eigenvalue weighted by molar-refractivity contribution is 0.190. The van der Waals surface area contributed by atoms with E-state index in [9.17, 15) is 8.42 Å². The minimum absolute atomic E-state index is 0.275. The molecule has 1 aliphatic rings. The fraction of sp³-hybridized carbons (Fsp3) is 0.769. The molecule has 0 amide bonds. The summed E-state index contributed by atoms with van der Waals surface area (Å²) in [5.41, 5.74) is 0. The molecule has 120 valence electrons. The number of piperidine rings is 1. The zero-order chi connectivity index (χ0) is 15.5. The molecule has 21 heavy (non-hydrogen) atoms. The first-order valence-electron chi connectivity index (χ1n) is 7.20. The molecule has 1 saturated heterocycles. The second-order valence-electron chi connectivity index (χ2n) is 5.60. The van der Waals surface area contributed by atoms with Crippen molar-refractivity contribution in [2.24, 2.45) is 0 Å². The van der Waals surface area contributed by atoms with Gasteiger partial charge in [-0.15, -0.1) is 11.6 Å². The highest BCUT2D eigenvalue weighted by molar-refractivity contribution is 7.89. The molecule has 8 heteroatoms. The molecule has 1 aromatic heterocycles. The van der Waals surface area contributed by atoms with Crippen molar-refractivity contribution in [1.82, 2.24) is 19.0 Å². The average Bonchev–Trinajstić information content (AvgIpc) is 2.94. The van der Waals surface area contributed by atoms with Gasteiger partial charge in [0.05, 0.1) is 6.20 Å². The molecule has 0 saturated carbocycles. The molecule has 0 radical (unpaired) electrons. The van der Waals surface area contributed by atoms with Gasteiger partial charge < -0.3 is 4.90 Å². The van der Waals surface area contributed by atoms with Crippen molar-refractivity contribution in [3.8, 4) is 0 Å². The van der Waals surface area contributed by atoms with Gasteiger partial charge in [0, 0.05) is 37.8 Å². The molecule has 0 bridgehead atoms. The third-order valence-corrected chi connectivity index (χ3v) is 5.94. The van der Waals surface area contributed by atoms with Crippen LogP contribution in [0, 0.1) is 0 Å². The Labute approximate surface area is 131 Å². The van der Waals surface area contributed by atoms with Crippen LogP contribution in [0.3, 0.4) is 0 Å². The average molecular weight is 335 g/mol. The molecule has 1 unspecified atom stereocenters.